The summed E-state index contributed by atoms with van der Waals surface area (Å²) in [6.07, 6.45) is 1.80. The highest BCUT2D eigenvalue weighted by Crippen LogP contribution is 2.47. The van der Waals surface area contributed by atoms with E-state index in [-0.39, 0.29) is 13.2 Å². The minimum Gasteiger partial charge on any atom is -0.481 e. The van der Waals surface area contributed by atoms with Crippen LogP contribution in [-0.2, 0) is 13.6 Å². The molecule has 0 N–H and O–H groups in total. The molecule has 5 aromatic rings. The Bertz CT molecular complexity index is 1570. The van der Waals surface area contributed by atoms with Crippen LogP contribution in [0.25, 0.3) is 43.9 Å². The molecule has 2 aromatic heterocycles. The first kappa shape index (κ1) is 24.1. The van der Waals surface area contributed by atoms with Crippen molar-refractivity contribution in [1.82, 2.24) is 9.97 Å². The third kappa shape index (κ3) is 4.51. The van der Waals surface area contributed by atoms with Gasteiger partial charge in [-0.2, -0.15) is 0 Å². The normalized spacial score (nSPS) is 11.8. The van der Waals surface area contributed by atoms with Crippen molar-refractivity contribution in [1.29, 1.82) is 0 Å². The van der Waals surface area contributed by atoms with Gasteiger partial charge in [0, 0.05) is 28.8 Å². The van der Waals surface area contributed by atoms with E-state index in [1.165, 1.54) is 0 Å². The van der Waals surface area contributed by atoms with Gasteiger partial charge in [0.2, 0.25) is 5.88 Å². The third-order valence-corrected chi connectivity index (χ3v) is 8.02. The van der Waals surface area contributed by atoms with E-state index in [0.29, 0.717) is 11.3 Å². The first-order valence-electron chi connectivity index (χ1n) is 11.9. The van der Waals surface area contributed by atoms with E-state index in [1.54, 1.807) is 33.2 Å². The van der Waals surface area contributed by atoms with Crippen LogP contribution in [0.3, 0.4) is 0 Å². The van der Waals surface area contributed by atoms with Crippen LogP contribution in [0.2, 0.25) is 0 Å². The van der Waals surface area contributed by atoms with Crippen molar-refractivity contribution >= 4 is 34.7 Å². The van der Waals surface area contributed by atoms with Crippen molar-refractivity contribution in [3.63, 3.8) is 0 Å². The summed E-state index contributed by atoms with van der Waals surface area (Å²) in [5.41, 5.74) is 4.95. The van der Waals surface area contributed by atoms with Crippen LogP contribution in [0.15, 0.2) is 85.1 Å². The van der Waals surface area contributed by atoms with Crippen LogP contribution in [0.4, 0.5) is 0 Å². The Balaban J connectivity index is 1.79. The highest BCUT2D eigenvalue weighted by molar-refractivity contribution is 7.61. The molecule has 6 nitrogen and oxygen atoms in total. The van der Waals surface area contributed by atoms with Crippen LogP contribution in [0, 0.1) is 0 Å². The van der Waals surface area contributed by atoms with Crippen molar-refractivity contribution < 1.29 is 18.3 Å². The summed E-state index contributed by atoms with van der Waals surface area (Å²) in [6.45, 7) is 4.11. The van der Waals surface area contributed by atoms with Crippen LogP contribution in [0.1, 0.15) is 13.8 Å². The molecule has 182 valence electrons. The number of pyridine rings is 2. The van der Waals surface area contributed by atoms with Crippen molar-refractivity contribution in [2.45, 2.75) is 13.8 Å². The van der Waals surface area contributed by atoms with Gasteiger partial charge in [-0.05, 0) is 60.0 Å². The maximum Gasteiger partial charge on any atom is 0.379 e. The fourth-order valence-corrected chi connectivity index (χ4v) is 5.89. The molecule has 0 saturated heterocycles. The number of hydrogen-bond donors (Lipinski definition) is 0. The molecule has 0 unspecified atom stereocenters. The van der Waals surface area contributed by atoms with Crippen molar-refractivity contribution in [2.24, 2.45) is 0 Å². The molecular formula is C29H27N2O4P. The molecule has 0 amide bonds. The van der Waals surface area contributed by atoms with E-state index in [1.807, 2.05) is 36.4 Å². The maximum absolute atomic E-state index is 13.5. The minimum atomic E-state index is -3.55. The number of fused-ring (bicyclic) bond motifs is 2. The largest absolute Gasteiger partial charge is 0.481 e. The zero-order valence-electron chi connectivity index (χ0n) is 20.5. The molecule has 0 bridgehead atoms. The fourth-order valence-electron chi connectivity index (χ4n) is 4.39. The molecule has 2 heterocycles. The molecule has 36 heavy (non-hydrogen) atoms. The Morgan fingerprint density at radius 2 is 1.56 bits per heavy atom. The maximum atomic E-state index is 13.5. The second-order valence-corrected chi connectivity index (χ2v) is 10.2. The average molecular weight is 499 g/mol. The van der Waals surface area contributed by atoms with Crippen molar-refractivity contribution in [2.75, 3.05) is 20.3 Å². The van der Waals surface area contributed by atoms with Gasteiger partial charge < -0.3 is 13.8 Å². The lowest BCUT2D eigenvalue weighted by atomic mass is 9.93. The van der Waals surface area contributed by atoms with Crippen molar-refractivity contribution in [3.05, 3.63) is 85.1 Å². The number of rotatable bonds is 8. The lowest BCUT2D eigenvalue weighted by Crippen LogP contribution is -2.14. The van der Waals surface area contributed by atoms with E-state index in [0.717, 1.165) is 43.9 Å². The standard InChI is InChI=1S/C29H27N2O4P/c1-4-34-36(32,35-5-2)28-16-14-21-17-23(22-13-15-27(33-3)30-19-22)18-26(29(21)31-28)25-12-8-10-20-9-6-7-11-24(20)25/h6-19H,4-5H2,1-3H3. The molecule has 0 aliphatic heterocycles. The Morgan fingerprint density at radius 1 is 0.778 bits per heavy atom. The Labute approximate surface area is 210 Å². The van der Waals surface area contributed by atoms with Crippen LogP contribution in [-0.4, -0.2) is 30.3 Å². The molecule has 0 spiro atoms. The van der Waals surface area contributed by atoms with Gasteiger partial charge in [0.1, 0.15) is 0 Å². The average Bonchev–Trinajstić information content (AvgIpc) is 2.92. The zero-order valence-corrected chi connectivity index (χ0v) is 21.4. The van der Waals surface area contributed by atoms with E-state index in [9.17, 15) is 4.57 Å². The third-order valence-electron chi connectivity index (χ3n) is 6.02. The molecule has 0 atom stereocenters. The number of aromatic nitrogens is 2. The highest BCUT2D eigenvalue weighted by Gasteiger charge is 2.29. The first-order valence-corrected chi connectivity index (χ1v) is 13.4. The summed E-state index contributed by atoms with van der Waals surface area (Å²) < 4.78 is 29.9. The predicted octanol–water partition coefficient (Wildman–Crippen LogP) is 7.02. The summed E-state index contributed by atoms with van der Waals surface area (Å²) in [5.74, 6) is 0.558. The summed E-state index contributed by atoms with van der Waals surface area (Å²) in [7, 11) is -1.95. The van der Waals surface area contributed by atoms with Gasteiger partial charge >= 0.3 is 7.60 Å². The molecule has 5 rings (SSSR count). The van der Waals surface area contributed by atoms with Crippen molar-refractivity contribution in [3.8, 4) is 28.1 Å². The van der Waals surface area contributed by atoms with Gasteiger partial charge in [-0.3, -0.25) is 4.57 Å². The molecule has 0 saturated carbocycles. The zero-order chi connectivity index (χ0) is 25.1. The molecular weight excluding hydrogens is 471 g/mol. The van der Waals surface area contributed by atoms with E-state index < -0.39 is 7.60 Å². The van der Waals surface area contributed by atoms with Gasteiger partial charge in [0.05, 0.1) is 25.8 Å². The molecule has 7 heteroatoms. The molecule has 0 fully saturated rings. The molecule has 3 aromatic carbocycles. The smallest absolute Gasteiger partial charge is 0.379 e. The quantitative estimate of drug-likeness (QED) is 0.214. The van der Waals surface area contributed by atoms with E-state index >= 15 is 0 Å². The van der Waals surface area contributed by atoms with Gasteiger partial charge in [0.25, 0.3) is 0 Å². The topological polar surface area (TPSA) is 70.5 Å². The highest BCUT2D eigenvalue weighted by atomic mass is 31.2. The Hall–Kier alpha value is -3.57. The number of ether oxygens (including phenoxy) is 1. The van der Waals surface area contributed by atoms with Crippen LogP contribution >= 0.6 is 7.60 Å². The Kier molecular flexibility index (Phi) is 6.84. The number of nitrogens with zero attached hydrogens (tertiary/aromatic N) is 2. The van der Waals surface area contributed by atoms with Crippen LogP contribution in [0.5, 0.6) is 5.88 Å². The summed E-state index contributed by atoms with van der Waals surface area (Å²) >= 11 is 0. The van der Waals surface area contributed by atoms with Gasteiger partial charge in [-0.15, -0.1) is 0 Å². The lowest BCUT2D eigenvalue weighted by molar-refractivity contribution is 0.229. The minimum absolute atomic E-state index is 0.260. The molecule has 0 radical (unpaired) electrons. The number of methoxy groups -OCH3 is 1. The second kappa shape index (κ2) is 10.2. The molecule has 0 aliphatic carbocycles. The first-order chi connectivity index (χ1) is 17.6. The van der Waals surface area contributed by atoms with Gasteiger partial charge in [0.15, 0.2) is 5.44 Å². The number of benzene rings is 3. The monoisotopic (exact) mass is 498 g/mol. The fraction of sp³-hybridized carbons (Fsp3) is 0.172. The van der Waals surface area contributed by atoms with E-state index in [4.69, 9.17) is 18.8 Å². The summed E-state index contributed by atoms with van der Waals surface area (Å²) in [4.78, 5) is 9.27. The number of hydrogen-bond acceptors (Lipinski definition) is 6. The summed E-state index contributed by atoms with van der Waals surface area (Å²) in [6, 6.07) is 26.1. The Morgan fingerprint density at radius 3 is 2.28 bits per heavy atom. The molecule has 0 aliphatic rings. The van der Waals surface area contributed by atoms with Crippen LogP contribution < -0.4 is 10.2 Å². The lowest BCUT2D eigenvalue weighted by Gasteiger charge is -2.18. The second-order valence-electron chi connectivity index (χ2n) is 8.21. The van der Waals surface area contributed by atoms with Gasteiger partial charge in [-0.25, -0.2) is 9.97 Å². The van der Waals surface area contributed by atoms with E-state index in [2.05, 4.69) is 41.4 Å². The van der Waals surface area contributed by atoms with Gasteiger partial charge in [-0.1, -0.05) is 48.5 Å². The SMILES string of the molecule is CCOP(=O)(OCC)c1ccc2cc(-c3ccc(OC)nc3)cc(-c3cccc4ccccc34)c2n1. The predicted molar refractivity (Wildman–Crippen MR) is 145 cm³/mol. The summed E-state index contributed by atoms with van der Waals surface area (Å²) in [5, 5.41) is 3.15.